The molecule has 1 aromatic carbocycles. The van der Waals surface area contributed by atoms with Crippen LogP contribution in [0.4, 0.5) is 0 Å². The van der Waals surface area contributed by atoms with Crippen LogP contribution in [-0.4, -0.2) is 64.0 Å². The van der Waals surface area contributed by atoms with E-state index in [1.807, 2.05) is 16.9 Å². The molecule has 1 aromatic heterocycles. The largest absolute Gasteiger partial charge is 0.396 e. The quantitative estimate of drug-likeness (QED) is 0.876. The Balaban J connectivity index is 1.56. The topological polar surface area (TPSA) is 44.5 Å². The van der Waals surface area contributed by atoms with E-state index < -0.39 is 0 Å². The molecule has 0 amide bonds. The molecule has 1 fully saturated rings. The van der Waals surface area contributed by atoms with E-state index >= 15 is 0 Å². The van der Waals surface area contributed by atoms with E-state index in [-0.39, 0.29) is 6.61 Å². The molecule has 5 heteroatoms. The average molecular weight is 314 g/mol. The molecule has 1 aliphatic rings. The number of rotatable bonds is 6. The summed E-state index contributed by atoms with van der Waals surface area (Å²) in [5, 5.41) is 13.7. The number of aliphatic hydroxyl groups is 1. The number of piperazine rings is 1. The van der Waals surface area contributed by atoms with E-state index in [2.05, 4.69) is 52.4 Å². The molecule has 1 N–H and O–H groups in total. The zero-order valence-corrected chi connectivity index (χ0v) is 13.8. The predicted octanol–water partition coefficient (Wildman–Crippen LogP) is 1.43. The minimum absolute atomic E-state index is 0.262. The van der Waals surface area contributed by atoms with E-state index in [0.29, 0.717) is 6.04 Å². The summed E-state index contributed by atoms with van der Waals surface area (Å²) in [6.45, 7) is 5.16. The van der Waals surface area contributed by atoms with E-state index in [4.69, 9.17) is 0 Å². The Morgan fingerprint density at radius 1 is 1.13 bits per heavy atom. The third-order valence-electron chi connectivity index (χ3n) is 4.60. The van der Waals surface area contributed by atoms with Crippen LogP contribution >= 0.6 is 0 Å². The minimum Gasteiger partial charge on any atom is -0.396 e. The third-order valence-corrected chi connectivity index (χ3v) is 4.60. The Hall–Kier alpha value is -1.69. The molecule has 0 bridgehead atoms. The summed E-state index contributed by atoms with van der Waals surface area (Å²) in [6, 6.07) is 10.9. The van der Waals surface area contributed by atoms with Crippen LogP contribution in [0.5, 0.6) is 0 Å². The highest BCUT2D eigenvalue weighted by atomic mass is 16.3. The van der Waals surface area contributed by atoms with Crippen molar-refractivity contribution in [2.45, 2.75) is 25.6 Å². The SMILES string of the molecule is CN1CCN(Cc2cnn(Cc3ccccc3)c2)CC1CCO. The number of likely N-dealkylation sites (N-methyl/N-ethyl adjacent to an activating group) is 1. The molecular weight excluding hydrogens is 288 g/mol. The Bertz CT molecular complexity index is 598. The molecule has 0 aliphatic carbocycles. The predicted molar refractivity (Wildman–Crippen MR) is 91.2 cm³/mol. The zero-order chi connectivity index (χ0) is 16.1. The highest BCUT2D eigenvalue weighted by molar-refractivity contribution is 5.15. The summed E-state index contributed by atoms with van der Waals surface area (Å²) in [6.07, 6.45) is 4.97. The monoisotopic (exact) mass is 314 g/mol. The van der Waals surface area contributed by atoms with Crippen molar-refractivity contribution in [3.05, 3.63) is 53.9 Å². The molecule has 0 saturated carbocycles. The van der Waals surface area contributed by atoms with Crippen molar-refractivity contribution >= 4 is 0 Å². The summed E-state index contributed by atoms with van der Waals surface area (Å²) in [5.41, 5.74) is 2.53. The van der Waals surface area contributed by atoms with Crippen molar-refractivity contribution in [1.29, 1.82) is 0 Å². The van der Waals surface area contributed by atoms with Gasteiger partial charge in [0.2, 0.25) is 0 Å². The lowest BCUT2D eigenvalue weighted by Gasteiger charge is -2.39. The number of hydrogen-bond donors (Lipinski definition) is 1. The summed E-state index contributed by atoms with van der Waals surface area (Å²) < 4.78 is 2.01. The van der Waals surface area contributed by atoms with Crippen molar-refractivity contribution < 1.29 is 5.11 Å². The molecule has 23 heavy (non-hydrogen) atoms. The van der Waals surface area contributed by atoms with Gasteiger partial charge in [-0.15, -0.1) is 0 Å². The van der Waals surface area contributed by atoms with Crippen LogP contribution in [0.15, 0.2) is 42.7 Å². The molecule has 3 rings (SSSR count). The number of benzene rings is 1. The van der Waals surface area contributed by atoms with Crippen molar-refractivity contribution in [3.63, 3.8) is 0 Å². The third kappa shape index (κ3) is 4.41. The van der Waals surface area contributed by atoms with Gasteiger partial charge in [0.05, 0.1) is 12.7 Å². The summed E-state index contributed by atoms with van der Waals surface area (Å²) in [5.74, 6) is 0. The summed E-state index contributed by atoms with van der Waals surface area (Å²) >= 11 is 0. The number of hydrogen-bond acceptors (Lipinski definition) is 4. The van der Waals surface area contributed by atoms with Crippen molar-refractivity contribution in [2.24, 2.45) is 0 Å². The first-order chi connectivity index (χ1) is 11.2. The van der Waals surface area contributed by atoms with Crippen LogP contribution in [0.25, 0.3) is 0 Å². The van der Waals surface area contributed by atoms with Crippen LogP contribution < -0.4 is 0 Å². The molecule has 2 heterocycles. The lowest BCUT2D eigenvalue weighted by molar-refractivity contribution is 0.0743. The normalized spacial score (nSPS) is 20.0. The second-order valence-corrected chi connectivity index (χ2v) is 6.41. The molecule has 1 saturated heterocycles. The number of aliphatic hydroxyl groups excluding tert-OH is 1. The van der Waals surface area contributed by atoms with Gasteiger partial charge in [0.1, 0.15) is 0 Å². The van der Waals surface area contributed by atoms with Crippen molar-refractivity contribution in [1.82, 2.24) is 19.6 Å². The van der Waals surface area contributed by atoms with Crippen LogP contribution in [0.1, 0.15) is 17.5 Å². The van der Waals surface area contributed by atoms with E-state index in [9.17, 15) is 5.11 Å². The average Bonchev–Trinajstić information content (AvgIpc) is 2.99. The molecule has 0 radical (unpaired) electrons. The van der Waals surface area contributed by atoms with E-state index in [1.165, 1.54) is 11.1 Å². The molecule has 1 atom stereocenters. The Kier molecular flexibility index (Phi) is 5.43. The van der Waals surface area contributed by atoms with Gasteiger partial charge in [-0.05, 0) is 19.0 Å². The van der Waals surface area contributed by atoms with Gasteiger partial charge in [0.25, 0.3) is 0 Å². The van der Waals surface area contributed by atoms with Gasteiger partial charge < -0.3 is 10.0 Å². The lowest BCUT2D eigenvalue weighted by Crippen LogP contribution is -2.51. The fourth-order valence-electron chi connectivity index (χ4n) is 3.22. The Labute approximate surface area is 138 Å². The highest BCUT2D eigenvalue weighted by Crippen LogP contribution is 2.14. The first-order valence-electron chi connectivity index (χ1n) is 8.33. The first kappa shape index (κ1) is 16.2. The second-order valence-electron chi connectivity index (χ2n) is 6.41. The lowest BCUT2D eigenvalue weighted by atomic mass is 10.1. The standard InChI is InChI=1S/C18H26N4O/c1-20-8-9-21(15-18(20)7-10-23)12-17-11-19-22(14-17)13-16-5-3-2-4-6-16/h2-6,11,14,18,23H,7-10,12-13,15H2,1H3. The Morgan fingerprint density at radius 2 is 1.96 bits per heavy atom. The van der Waals surface area contributed by atoms with Gasteiger partial charge in [-0.1, -0.05) is 30.3 Å². The maximum absolute atomic E-state index is 9.20. The van der Waals surface area contributed by atoms with Gasteiger partial charge in [-0.3, -0.25) is 9.58 Å². The van der Waals surface area contributed by atoms with Crippen LogP contribution in [-0.2, 0) is 13.1 Å². The molecule has 5 nitrogen and oxygen atoms in total. The van der Waals surface area contributed by atoms with Crippen LogP contribution in [0, 0.1) is 0 Å². The van der Waals surface area contributed by atoms with Gasteiger partial charge in [-0.25, -0.2) is 0 Å². The van der Waals surface area contributed by atoms with Crippen LogP contribution in [0.3, 0.4) is 0 Å². The van der Waals surface area contributed by atoms with Gasteiger partial charge in [0.15, 0.2) is 0 Å². The molecule has 1 unspecified atom stereocenters. The van der Waals surface area contributed by atoms with Gasteiger partial charge in [-0.2, -0.15) is 5.10 Å². The fourth-order valence-corrected chi connectivity index (χ4v) is 3.22. The maximum atomic E-state index is 9.20. The minimum atomic E-state index is 0.262. The smallest absolute Gasteiger partial charge is 0.0659 e. The van der Waals surface area contributed by atoms with Crippen LogP contribution in [0.2, 0.25) is 0 Å². The Morgan fingerprint density at radius 3 is 2.74 bits per heavy atom. The number of nitrogens with zero attached hydrogens (tertiary/aromatic N) is 4. The number of aromatic nitrogens is 2. The molecule has 1 aliphatic heterocycles. The molecular formula is C18H26N4O. The van der Waals surface area contributed by atoms with Gasteiger partial charge in [0, 0.05) is 50.6 Å². The first-order valence-corrected chi connectivity index (χ1v) is 8.33. The summed E-state index contributed by atoms with van der Waals surface area (Å²) in [7, 11) is 2.15. The second kappa shape index (κ2) is 7.73. The molecule has 0 spiro atoms. The van der Waals surface area contributed by atoms with Crippen molar-refractivity contribution in [3.8, 4) is 0 Å². The molecule has 2 aromatic rings. The fraction of sp³-hybridized carbons (Fsp3) is 0.500. The van der Waals surface area contributed by atoms with Gasteiger partial charge >= 0.3 is 0 Å². The van der Waals surface area contributed by atoms with E-state index in [1.54, 1.807) is 0 Å². The maximum Gasteiger partial charge on any atom is 0.0659 e. The molecule has 124 valence electrons. The van der Waals surface area contributed by atoms with Crippen molar-refractivity contribution in [2.75, 3.05) is 33.3 Å². The van der Waals surface area contributed by atoms with E-state index in [0.717, 1.165) is 39.1 Å². The summed E-state index contributed by atoms with van der Waals surface area (Å²) in [4.78, 5) is 4.82. The zero-order valence-electron chi connectivity index (χ0n) is 13.8. The highest BCUT2D eigenvalue weighted by Gasteiger charge is 2.23.